The van der Waals surface area contributed by atoms with Gasteiger partial charge in [0.1, 0.15) is 28.7 Å². The highest BCUT2D eigenvalue weighted by Crippen LogP contribution is 2.45. The van der Waals surface area contributed by atoms with E-state index in [2.05, 4.69) is 37.9 Å². The Balaban J connectivity index is 1.50. The third kappa shape index (κ3) is 3.77. The molecule has 6 nitrogen and oxygen atoms in total. The molecular formula is C26H16Br2N2O4. The number of benzene rings is 3. The third-order valence-corrected chi connectivity index (χ3v) is 6.92. The summed E-state index contributed by atoms with van der Waals surface area (Å²) in [6.07, 6.45) is 0. The number of carbonyl (C=O) groups excluding carboxylic acids is 1. The number of aryl methyl sites for hydroxylation is 1. The molecule has 5 rings (SSSR count). The molecule has 1 unspecified atom stereocenters. The van der Waals surface area contributed by atoms with Crippen molar-refractivity contribution in [3.8, 4) is 17.6 Å². The Morgan fingerprint density at radius 1 is 1.09 bits per heavy atom. The van der Waals surface area contributed by atoms with E-state index in [4.69, 9.17) is 19.6 Å². The van der Waals surface area contributed by atoms with Crippen LogP contribution in [0.3, 0.4) is 0 Å². The molecule has 1 aliphatic rings. The maximum Gasteiger partial charge on any atom is 0.379 e. The molecular weight excluding hydrogens is 564 g/mol. The molecule has 0 radical (unpaired) electrons. The number of rotatable bonds is 3. The number of furan rings is 1. The number of esters is 1. The first-order chi connectivity index (χ1) is 16.4. The number of ether oxygens (including phenoxy) is 2. The van der Waals surface area contributed by atoms with Crippen LogP contribution in [0.15, 0.2) is 85.5 Å². The Kier molecular flexibility index (Phi) is 5.68. The summed E-state index contributed by atoms with van der Waals surface area (Å²) < 4.78 is 18.8. The minimum Gasteiger partial charge on any atom is -0.449 e. The number of hydrogen-bond donors (Lipinski definition) is 1. The minimum atomic E-state index is -0.621. The fourth-order valence-corrected chi connectivity index (χ4v) is 4.94. The van der Waals surface area contributed by atoms with Crippen molar-refractivity contribution in [2.75, 3.05) is 0 Å². The normalized spacial score (nSPS) is 14.9. The van der Waals surface area contributed by atoms with Crippen molar-refractivity contribution >= 4 is 48.8 Å². The van der Waals surface area contributed by atoms with E-state index >= 15 is 0 Å². The summed E-state index contributed by atoms with van der Waals surface area (Å²) in [5.41, 5.74) is 9.31. The summed E-state index contributed by atoms with van der Waals surface area (Å²) in [5.74, 6) is -0.229. The lowest BCUT2D eigenvalue weighted by molar-refractivity contribution is 0.0702. The van der Waals surface area contributed by atoms with Crippen molar-refractivity contribution in [2.45, 2.75) is 12.8 Å². The number of nitrogens with zero attached hydrogens (tertiary/aromatic N) is 1. The highest BCUT2D eigenvalue weighted by Gasteiger charge is 2.32. The second-order valence-electron chi connectivity index (χ2n) is 7.73. The first-order valence-corrected chi connectivity index (χ1v) is 11.8. The molecule has 0 spiro atoms. The van der Waals surface area contributed by atoms with E-state index in [0.717, 1.165) is 25.5 Å². The second-order valence-corrected chi connectivity index (χ2v) is 9.50. The van der Waals surface area contributed by atoms with Crippen LogP contribution in [0.1, 0.15) is 33.2 Å². The predicted molar refractivity (Wildman–Crippen MR) is 133 cm³/mol. The molecule has 0 saturated carbocycles. The van der Waals surface area contributed by atoms with E-state index in [0.29, 0.717) is 22.5 Å². The molecule has 1 aromatic heterocycles. The fourth-order valence-electron chi connectivity index (χ4n) is 4.07. The van der Waals surface area contributed by atoms with Gasteiger partial charge in [-0.3, -0.25) is 0 Å². The Morgan fingerprint density at radius 3 is 2.65 bits per heavy atom. The number of nitrogens with two attached hydrogens (primary N) is 1. The molecule has 2 heterocycles. The Hall–Kier alpha value is -3.54. The van der Waals surface area contributed by atoms with Crippen molar-refractivity contribution in [3.05, 3.63) is 104 Å². The van der Waals surface area contributed by atoms with E-state index in [1.54, 1.807) is 24.3 Å². The van der Waals surface area contributed by atoms with Crippen LogP contribution in [-0.4, -0.2) is 5.97 Å². The quantitative estimate of drug-likeness (QED) is 0.214. The van der Waals surface area contributed by atoms with Gasteiger partial charge in [-0.05, 0) is 42.8 Å². The lowest BCUT2D eigenvalue weighted by Gasteiger charge is -2.27. The Morgan fingerprint density at radius 2 is 1.88 bits per heavy atom. The second kappa shape index (κ2) is 8.67. The van der Waals surface area contributed by atoms with Gasteiger partial charge in [0.15, 0.2) is 0 Å². The number of hydrogen-bond acceptors (Lipinski definition) is 6. The molecule has 0 fully saturated rings. The van der Waals surface area contributed by atoms with Crippen molar-refractivity contribution < 1.29 is 18.7 Å². The molecule has 34 heavy (non-hydrogen) atoms. The van der Waals surface area contributed by atoms with Crippen LogP contribution in [0.4, 0.5) is 0 Å². The highest BCUT2D eigenvalue weighted by atomic mass is 79.9. The van der Waals surface area contributed by atoms with E-state index in [1.807, 2.05) is 43.3 Å². The van der Waals surface area contributed by atoms with Gasteiger partial charge in [-0.25, -0.2) is 4.79 Å². The molecule has 1 atom stereocenters. The first kappa shape index (κ1) is 22.3. The molecule has 3 aromatic carbocycles. The zero-order valence-corrected chi connectivity index (χ0v) is 20.9. The van der Waals surface area contributed by atoms with Crippen LogP contribution in [-0.2, 0) is 0 Å². The Labute approximate surface area is 211 Å². The van der Waals surface area contributed by atoms with Gasteiger partial charge >= 0.3 is 5.97 Å². The van der Waals surface area contributed by atoms with Crippen LogP contribution in [0, 0.1) is 18.3 Å². The lowest BCUT2D eigenvalue weighted by Crippen LogP contribution is -2.21. The summed E-state index contributed by atoms with van der Waals surface area (Å²) in [6, 6.07) is 20.3. The molecule has 0 amide bonds. The van der Waals surface area contributed by atoms with E-state index in [-0.39, 0.29) is 17.4 Å². The van der Waals surface area contributed by atoms with Crippen LogP contribution >= 0.6 is 31.9 Å². The third-order valence-electron chi connectivity index (χ3n) is 5.70. The maximum absolute atomic E-state index is 12.9. The predicted octanol–water partition coefficient (Wildman–Crippen LogP) is 6.70. The van der Waals surface area contributed by atoms with E-state index < -0.39 is 11.9 Å². The van der Waals surface area contributed by atoms with Crippen molar-refractivity contribution in [2.24, 2.45) is 5.73 Å². The molecule has 1 aliphatic heterocycles. The van der Waals surface area contributed by atoms with Gasteiger partial charge in [-0.2, -0.15) is 5.26 Å². The van der Waals surface area contributed by atoms with Gasteiger partial charge in [0.25, 0.3) is 0 Å². The average Bonchev–Trinajstić information content (AvgIpc) is 3.14. The van der Waals surface area contributed by atoms with Crippen LogP contribution in [0.25, 0.3) is 11.0 Å². The van der Waals surface area contributed by atoms with Gasteiger partial charge in [0.05, 0.1) is 5.92 Å². The summed E-state index contributed by atoms with van der Waals surface area (Å²) in [4.78, 5) is 12.9. The lowest BCUT2D eigenvalue weighted by atomic mass is 9.83. The number of carbonyl (C=O) groups is 1. The van der Waals surface area contributed by atoms with Crippen molar-refractivity contribution in [1.82, 2.24) is 0 Å². The summed E-state index contributed by atoms with van der Waals surface area (Å²) in [6.45, 7) is 1.81. The average molecular weight is 580 g/mol. The monoisotopic (exact) mass is 578 g/mol. The molecule has 0 saturated heterocycles. The summed E-state index contributed by atoms with van der Waals surface area (Å²) in [5, 5.41) is 10.6. The zero-order valence-electron chi connectivity index (χ0n) is 17.8. The zero-order chi connectivity index (χ0) is 24.0. The van der Waals surface area contributed by atoms with Gasteiger partial charge in [0.2, 0.25) is 11.6 Å². The highest BCUT2D eigenvalue weighted by molar-refractivity contribution is 9.10. The van der Waals surface area contributed by atoms with Gasteiger partial charge in [-0.1, -0.05) is 56.1 Å². The summed E-state index contributed by atoms with van der Waals surface area (Å²) >= 11 is 7.00. The molecule has 168 valence electrons. The molecule has 4 aromatic rings. The Bertz CT molecular complexity index is 1550. The number of fused-ring (bicyclic) bond motifs is 2. The molecule has 0 bridgehead atoms. The number of allylic oxidation sites excluding steroid dienone is 1. The minimum absolute atomic E-state index is 0.0120. The van der Waals surface area contributed by atoms with Crippen LogP contribution in [0.5, 0.6) is 11.5 Å². The number of nitriles is 1. The van der Waals surface area contributed by atoms with Gasteiger partial charge < -0.3 is 19.6 Å². The van der Waals surface area contributed by atoms with E-state index in [1.165, 1.54) is 0 Å². The fraction of sp³-hybridized carbons (Fsp3) is 0.0769. The molecule has 2 N–H and O–H groups in total. The smallest absolute Gasteiger partial charge is 0.379 e. The van der Waals surface area contributed by atoms with Crippen LogP contribution < -0.4 is 15.2 Å². The van der Waals surface area contributed by atoms with Crippen LogP contribution in [0.2, 0.25) is 0 Å². The number of halogens is 2. The SMILES string of the molecule is Cc1c(C(=O)Oc2ccc3c(c2)OC(N)=C(C#N)C3c2ccccc2Br)oc2ccc(Br)cc12. The topological polar surface area (TPSA) is 98.5 Å². The summed E-state index contributed by atoms with van der Waals surface area (Å²) in [7, 11) is 0. The molecule has 0 aliphatic carbocycles. The van der Waals surface area contributed by atoms with Gasteiger partial charge in [0, 0.05) is 31.5 Å². The maximum atomic E-state index is 12.9. The van der Waals surface area contributed by atoms with Crippen molar-refractivity contribution in [3.63, 3.8) is 0 Å². The molecule has 8 heteroatoms. The standard InChI is InChI=1S/C26H16Br2N2O4/c1-13-18-10-14(27)6-9-21(18)33-24(13)26(31)32-15-7-8-17-22(11-15)34-25(30)19(12-29)23(17)16-4-2-3-5-20(16)28/h2-11,23H,30H2,1H3. The van der Waals surface area contributed by atoms with E-state index in [9.17, 15) is 10.1 Å². The van der Waals surface area contributed by atoms with Crippen molar-refractivity contribution in [1.29, 1.82) is 5.26 Å². The first-order valence-electron chi connectivity index (χ1n) is 10.2. The van der Waals surface area contributed by atoms with Gasteiger partial charge in [-0.15, -0.1) is 0 Å². The largest absolute Gasteiger partial charge is 0.449 e.